The van der Waals surface area contributed by atoms with Crippen LogP contribution in [0.4, 0.5) is 0 Å². The summed E-state index contributed by atoms with van der Waals surface area (Å²) < 4.78 is 1.08. The molecule has 0 saturated carbocycles. The van der Waals surface area contributed by atoms with Gasteiger partial charge in [0.1, 0.15) is 5.84 Å². The molecule has 0 amide bonds. The van der Waals surface area contributed by atoms with Crippen LogP contribution < -0.4 is 0 Å². The number of benzene rings is 1. The zero-order valence-corrected chi connectivity index (χ0v) is 14.1. The molecule has 0 atom stereocenters. The molecule has 1 aromatic carbocycles. The predicted molar refractivity (Wildman–Crippen MR) is 90.4 cm³/mol. The molecule has 0 aliphatic carbocycles. The number of rotatable bonds is 5. The molecule has 1 rings (SSSR count). The first kappa shape index (κ1) is 16.2. The van der Waals surface area contributed by atoms with Crippen LogP contribution in [-0.4, -0.2) is 30.4 Å². The number of halogens is 1. The van der Waals surface area contributed by atoms with Crippen molar-refractivity contribution in [3.8, 4) is 0 Å². The third-order valence-electron chi connectivity index (χ3n) is 3.05. The van der Waals surface area contributed by atoms with Crippen molar-refractivity contribution < 1.29 is 0 Å². The first-order valence-electron chi connectivity index (χ1n) is 6.01. The number of hydrogen-bond acceptors (Lipinski definition) is 3. The largest absolute Gasteiger partial charge is 0.353 e. The second kappa shape index (κ2) is 7.10. The van der Waals surface area contributed by atoms with Crippen molar-refractivity contribution in [3.63, 3.8) is 0 Å². The molecule has 0 aromatic heterocycles. The van der Waals surface area contributed by atoms with E-state index in [1.165, 1.54) is 5.56 Å². The monoisotopic (exact) mass is 341 g/mol. The van der Waals surface area contributed by atoms with E-state index in [-0.39, 0.29) is 5.41 Å². The van der Waals surface area contributed by atoms with Gasteiger partial charge in [0, 0.05) is 24.7 Å². The predicted octanol–water partition coefficient (Wildman–Crippen LogP) is 3.95. The fourth-order valence-electron chi connectivity index (χ4n) is 1.82. The van der Waals surface area contributed by atoms with Gasteiger partial charge >= 0.3 is 0 Å². The molecule has 0 saturated heterocycles. The molecule has 0 aliphatic rings. The van der Waals surface area contributed by atoms with Gasteiger partial charge in [-0.1, -0.05) is 41.9 Å². The first-order valence-corrected chi connectivity index (χ1v) is 7.44. The average molecular weight is 342 g/mol. The maximum Gasteiger partial charge on any atom is 0.128 e. The highest BCUT2D eigenvalue weighted by Crippen LogP contribution is 2.30. The summed E-state index contributed by atoms with van der Waals surface area (Å²) >= 11 is 7.79. The Morgan fingerprint density at radius 3 is 2.68 bits per heavy atom. The molecular formula is C14H20BrN3S. The quantitative estimate of drug-likeness (QED) is 0.283. The van der Waals surface area contributed by atoms with Gasteiger partial charge in [0.2, 0.25) is 0 Å². The van der Waals surface area contributed by atoms with Gasteiger partial charge in [-0.05, 0) is 23.1 Å². The number of nitrogens with zero attached hydrogens (tertiary/aromatic N) is 3. The summed E-state index contributed by atoms with van der Waals surface area (Å²) in [5.41, 5.74) is 1.22. The Morgan fingerprint density at radius 2 is 2.16 bits per heavy atom. The van der Waals surface area contributed by atoms with Crippen molar-refractivity contribution in [1.29, 1.82) is 0 Å². The summed E-state index contributed by atoms with van der Waals surface area (Å²) in [7, 11) is 1.95. The topological polar surface area (TPSA) is 28.0 Å². The number of thiol groups is 1. The van der Waals surface area contributed by atoms with Crippen LogP contribution in [0.15, 0.2) is 38.9 Å². The molecule has 19 heavy (non-hydrogen) atoms. The summed E-state index contributed by atoms with van der Waals surface area (Å²) in [5.74, 6) is 1.48. The van der Waals surface area contributed by atoms with Crippen LogP contribution >= 0.6 is 28.6 Å². The van der Waals surface area contributed by atoms with Gasteiger partial charge < -0.3 is 4.90 Å². The first-order chi connectivity index (χ1) is 8.90. The third-order valence-corrected chi connectivity index (χ3v) is 3.96. The summed E-state index contributed by atoms with van der Waals surface area (Å²) in [4.78, 5) is 1.97. The van der Waals surface area contributed by atoms with Crippen LogP contribution in [0, 0.1) is 0 Å². The summed E-state index contributed by atoms with van der Waals surface area (Å²) in [6, 6.07) is 8.34. The van der Waals surface area contributed by atoms with E-state index in [0.717, 1.165) is 16.7 Å². The van der Waals surface area contributed by atoms with E-state index in [9.17, 15) is 0 Å². The molecular weight excluding hydrogens is 322 g/mol. The van der Waals surface area contributed by atoms with Gasteiger partial charge in [0.05, 0.1) is 5.88 Å². The lowest BCUT2D eigenvalue weighted by Gasteiger charge is -2.29. The Morgan fingerprint density at radius 1 is 1.47 bits per heavy atom. The summed E-state index contributed by atoms with van der Waals surface area (Å²) in [5, 5.41) is 7.78. The van der Waals surface area contributed by atoms with Crippen LogP contribution in [-0.2, 0) is 5.41 Å². The lowest BCUT2D eigenvalue weighted by molar-refractivity contribution is 0.496. The Labute approximate surface area is 129 Å². The maximum atomic E-state index is 4.28. The van der Waals surface area contributed by atoms with Crippen molar-refractivity contribution in [1.82, 2.24) is 4.90 Å². The minimum Gasteiger partial charge on any atom is -0.353 e. The molecule has 104 valence electrons. The second-order valence-electron chi connectivity index (χ2n) is 5.07. The highest BCUT2D eigenvalue weighted by molar-refractivity contribution is 9.10. The number of hydrogen-bond donors (Lipinski definition) is 1. The van der Waals surface area contributed by atoms with Gasteiger partial charge in [-0.15, -0.1) is 5.10 Å². The zero-order valence-electron chi connectivity index (χ0n) is 11.6. The van der Waals surface area contributed by atoms with Gasteiger partial charge in [-0.25, -0.2) is 0 Å². The lowest BCUT2D eigenvalue weighted by atomic mass is 9.81. The molecule has 0 spiro atoms. The molecule has 0 fully saturated rings. The Balaban J connectivity index is 3.00. The lowest BCUT2D eigenvalue weighted by Crippen LogP contribution is -2.32. The number of amidine groups is 1. The fraction of sp³-hybridized carbons (Fsp3) is 0.429. The summed E-state index contributed by atoms with van der Waals surface area (Å²) in [6.45, 7) is 7.83. The van der Waals surface area contributed by atoms with Gasteiger partial charge in [-0.3, -0.25) is 0 Å². The van der Waals surface area contributed by atoms with Crippen LogP contribution in [0.1, 0.15) is 25.8 Å². The van der Waals surface area contributed by atoms with Crippen LogP contribution in [0.25, 0.3) is 0 Å². The fourth-order valence-corrected chi connectivity index (χ4v) is 2.38. The highest BCUT2D eigenvalue weighted by atomic mass is 79.9. The molecule has 0 heterocycles. The molecule has 0 unspecified atom stereocenters. The van der Waals surface area contributed by atoms with Gasteiger partial charge in [0.15, 0.2) is 0 Å². The Kier molecular flexibility index (Phi) is 6.07. The Bertz CT molecular complexity index is 472. The zero-order chi connectivity index (χ0) is 14.5. The second-order valence-corrected chi connectivity index (χ2v) is 6.27. The molecule has 0 radical (unpaired) electrons. The van der Waals surface area contributed by atoms with Crippen LogP contribution in [0.2, 0.25) is 0 Å². The van der Waals surface area contributed by atoms with Crippen molar-refractivity contribution in [2.45, 2.75) is 25.7 Å². The highest BCUT2D eigenvalue weighted by Gasteiger charge is 2.24. The molecule has 0 bridgehead atoms. The van der Waals surface area contributed by atoms with E-state index >= 15 is 0 Å². The molecule has 5 heteroatoms. The van der Waals surface area contributed by atoms with Gasteiger partial charge in [0.25, 0.3) is 0 Å². The van der Waals surface area contributed by atoms with E-state index in [2.05, 4.69) is 71.5 Å². The molecule has 0 aliphatic heterocycles. The molecule has 0 N–H and O–H groups in total. The van der Waals surface area contributed by atoms with Crippen LogP contribution in [0.5, 0.6) is 0 Å². The van der Waals surface area contributed by atoms with Crippen molar-refractivity contribution in [2.75, 3.05) is 12.9 Å². The van der Waals surface area contributed by atoms with E-state index in [1.807, 2.05) is 24.1 Å². The normalized spacial score (nSPS) is 12.4. The average Bonchev–Trinajstić information content (AvgIpc) is 2.37. The summed E-state index contributed by atoms with van der Waals surface area (Å²) in [6.07, 6.45) is 0.777. The molecule has 3 nitrogen and oxygen atoms in total. The van der Waals surface area contributed by atoms with E-state index in [0.29, 0.717) is 5.88 Å². The maximum absolute atomic E-state index is 4.28. The smallest absolute Gasteiger partial charge is 0.128 e. The van der Waals surface area contributed by atoms with Crippen molar-refractivity contribution in [2.24, 2.45) is 10.2 Å². The van der Waals surface area contributed by atoms with E-state index in [1.54, 1.807) is 0 Å². The van der Waals surface area contributed by atoms with Crippen molar-refractivity contribution >= 4 is 41.1 Å². The third kappa shape index (κ3) is 4.66. The Hall–Kier alpha value is -0.810. The minimum absolute atomic E-state index is 0.0372. The van der Waals surface area contributed by atoms with Crippen LogP contribution in [0.3, 0.4) is 0 Å². The van der Waals surface area contributed by atoms with Gasteiger partial charge in [-0.2, -0.15) is 17.7 Å². The van der Waals surface area contributed by atoms with E-state index in [4.69, 9.17) is 0 Å². The molecule has 1 aromatic rings. The van der Waals surface area contributed by atoms with Crippen molar-refractivity contribution in [3.05, 3.63) is 34.3 Å². The SMILES string of the molecule is C=N/N=C(/CC(C)(C)c1cccc(Br)c1)N(C)CS. The minimum atomic E-state index is -0.0372. The van der Waals surface area contributed by atoms with E-state index < -0.39 is 0 Å². The standard InChI is InChI=1S/C14H20BrN3S/c1-14(2,11-6-5-7-12(15)8-11)9-13(17-16-3)18(4)10-19/h5-8,19H,3,9-10H2,1-2,4H3/b17-13-.